The monoisotopic (exact) mass is 332 g/mol. The van der Waals surface area contributed by atoms with Gasteiger partial charge in [0.15, 0.2) is 0 Å². The standard InChI is InChI=1S/C19H25O3P/c1-3-21-23(20,22-4-2)16-15-19(17-11-7-5-8-12-17)18-13-9-6-10-14-18/h5-15,20,23H,3-4,16H2,1-2H3. The molecule has 0 spiro atoms. The van der Waals surface area contributed by atoms with Crippen LogP contribution in [-0.4, -0.2) is 24.3 Å². The van der Waals surface area contributed by atoms with Crippen LogP contribution in [0.2, 0.25) is 0 Å². The fraction of sp³-hybridized carbons (Fsp3) is 0.263. The molecule has 0 heterocycles. The minimum atomic E-state index is -3.15. The molecular weight excluding hydrogens is 307 g/mol. The maximum atomic E-state index is 10.6. The predicted octanol–water partition coefficient (Wildman–Crippen LogP) is 4.68. The first kappa shape index (κ1) is 17.8. The van der Waals surface area contributed by atoms with Crippen LogP contribution in [0.4, 0.5) is 0 Å². The topological polar surface area (TPSA) is 38.7 Å². The summed E-state index contributed by atoms with van der Waals surface area (Å²) in [6.07, 6.45) is 2.43. The van der Waals surface area contributed by atoms with Gasteiger partial charge in [-0.15, -0.1) is 0 Å². The molecule has 0 saturated carbocycles. The zero-order chi connectivity index (χ0) is 16.5. The van der Waals surface area contributed by atoms with Crippen LogP contribution >= 0.6 is 7.94 Å². The molecule has 23 heavy (non-hydrogen) atoms. The fourth-order valence-corrected chi connectivity index (χ4v) is 4.16. The molecule has 0 saturated heterocycles. The zero-order valence-corrected chi connectivity index (χ0v) is 14.7. The molecule has 2 aromatic rings. The summed E-state index contributed by atoms with van der Waals surface area (Å²) < 4.78 is 11.0. The van der Waals surface area contributed by atoms with Gasteiger partial charge in [-0.1, -0.05) is 0 Å². The average Bonchev–Trinajstić information content (AvgIpc) is 2.57. The molecule has 124 valence electrons. The van der Waals surface area contributed by atoms with E-state index < -0.39 is 7.94 Å². The van der Waals surface area contributed by atoms with Gasteiger partial charge in [-0.3, -0.25) is 0 Å². The van der Waals surface area contributed by atoms with Crippen LogP contribution in [0.15, 0.2) is 66.7 Å². The summed E-state index contributed by atoms with van der Waals surface area (Å²) in [6, 6.07) is 20.3. The summed E-state index contributed by atoms with van der Waals surface area (Å²) in [5.74, 6) is 0. The quantitative estimate of drug-likeness (QED) is 0.714. The minimum absolute atomic E-state index is 0.397. The molecular formula is C19H25O3P. The van der Waals surface area contributed by atoms with E-state index in [-0.39, 0.29) is 0 Å². The van der Waals surface area contributed by atoms with E-state index >= 15 is 0 Å². The van der Waals surface area contributed by atoms with Gasteiger partial charge in [0.2, 0.25) is 0 Å². The van der Waals surface area contributed by atoms with Crippen molar-refractivity contribution in [2.45, 2.75) is 13.8 Å². The number of hydrogen-bond acceptors (Lipinski definition) is 3. The molecule has 0 fully saturated rings. The molecule has 1 N–H and O–H groups in total. The van der Waals surface area contributed by atoms with Crippen molar-refractivity contribution >= 4 is 13.5 Å². The third-order valence-corrected chi connectivity index (χ3v) is 5.67. The van der Waals surface area contributed by atoms with Crippen LogP contribution in [0.1, 0.15) is 25.0 Å². The van der Waals surface area contributed by atoms with Crippen LogP contribution in [-0.2, 0) is 9.05 Å². The number of rotatable bonds is 8. The van der Waals surface area contributed by atoms with Gasteiger partial charge in [0, 0.05) is 0 Å². The maximum absolute atomic E-state index is 10.6. The Morgan fingerprint density at radius 1 is 0.870 bits per heavy atom. The van der Waals surface area contributed by atoms with Crippen molar-refractivity contribution in [3.8, 4) is 0 Å². The Morgan fingerprint density at radius 3 is 1.70 bits per heavy atom. The summed E-state index contributed by atoms with van der Waals surface area (Å²) in [6.45, 7) is 4.64. The van der Waals surface area contributed by atoms with Crippen LogP contribution in [0, 0.1) is 0 Å². The summed E-state index contributed by atoms with van der Waals surface area (Å²) in [4.78, 5) is 10.6. The first-order chi connectivity index (χ1) is 11.2. The first-order valence-corrected chi connectivity index (χ1v) is 9.97. The van der Waals surface area contributed by atoms with Crippen molar-refractivity contribution < 1.29 is 13.9 Å². The molecule has 0 aliphatic heterocycles. The van der Waals surface area contributed by atoms with E-state index in [1.807, 2.05) is 56.3 Å². The van der Waals surface area contributed by atoms with Crippen molar-refractivity contribution in [2.24, 2.45) is 0 Å². The number of benzene rings is 2. The van der Waals surface area contributed by atoms with Crippen molar-refractivity contribution in [1.82, 2.24) is 0 Å². The average molecular weight is 332 g/mol. The summed E-state index contributed by atoms with van der Waals surface area (Å²) in [5.41, 5.74) is 3.31. The second kappa shape index (κ2) is 8.95. The number of hydrogen-bond donors (Lipinski definition) is 1. The Balaban J connectivity index is 2.34. The van der Waals surface area contributed by atoms with Crippen LogP contribution in [0.3, 0.4) is 0 Å². The Bertz CT molecular complexity index is 564. The molecule has 0 aliphatic rings. The van der Waals surface area contributed by atoms with Crippen molar-refractivity contribution in [2.75, 3.05) is 19.4 Å². The molecule has 2 aromatic carbocycles. The van der Waals surface area contributed by atoms with E-state index in [1.54, 1.807) is 0 Å². The Kier molecular flexibility index (Phi) is 6.94. The molecule has 4 heteroatoms. The molecule has 0 atom stereocenters. The van der Waals surface area contributed by atoms with E-state index in [0.29, 0.717) is 19.4 Å². The van der Waals surface area contributed by atoms with Gasteiger partial charge in [0.25, 0.3) is 0 Å². The van der Waals surface area contributed by atoms with Gasteiger partial charge >= 0.3 is 139 Å². The summed E-state index contributed by atoms with van der Waals surface area (Å²) in [7, 11) is -3.15. The first-order valence-electron chi connectivity index (χ1n) is 8.00. The van der Waals surface area contributed by atoms with Crippen molar-refractivity contribution in [3.05, 3.63) is 77.9 Å². The van der Waals surface area contributed by atoms with Gasteiger partial charge in [0.05, 0.1) is 0 Å². The SMILES string of the molecule is CCO[PH](O)(CC=C(c1ccccc1)c1ccccc1)OCC. The fourth-order valence-electron chi connectivity index (χ4n) is 2.48. The molecule has 3 nitrogen and oxygen atoms in total. The van der Waals surface area contributed by atoms with Crippen molar-refractivity contribution in [3.63, 3.8) is 0 Å². The Morgan fingerprint density at radius 2 is 1.30 bits per heavy atom. The third-order valence-electron chi connectivity index (χ3n) is 3.47. The van der Waals surface area contributed by atoms with Crippen LogP contribution in [0.5, 0.6) is 0 Å². The van der Waals surface area contributed by atoms with Crippen molar-refractivity contribution in [1.29, 1.82) is 0 Å². The Labute approximate surface area is 139 Å². The molecule has 0 unspecified atom stereocenters. The van der Waals surface area contributed by atoms with Crippen LogP contribution < -0.4 is 0 Å². The normalized spacial score (nSPS) is 12.0. The van der Waals surface area contributed by atoms with E-state index in [1.165, 1.54) is 0 Å². The van der Waals surface area contributed by atoms with E-state index in [9.17, 15) is 4.89 Å². The zero-order valence-electron chi connectivity index (χ0n) is 13.7. The molecule has 2 rings (SSSR count). The van der Waals surface area contributed by atoms with Gasteiger partial charge in [-0.25, -0.2) is 0 Å². The molecule has 0 aromatic heterocycles. The summed E-state index contributed by atoms with van der Waals surface area (Å²) >= 11 is 0. The molecule has 0 amide bonds. The van der Waals surface area contributed by atoms with Gasteiger partial charge in [-0.2, -0.15) is 0 Å². The molecule has 0 aliphatic carbocycles. The van der Waals surface area contributed by atoms with Gasteiger partial charge in [0.1, 0.15) is 0 Å². The van der Waals surface area contributed by atoms with E-state index in [2.05, 4.69) is 24.3 Å². The second-order valence-corrected chi connectivity index (χ2v) is 7.54. The van der Waals surface area contributed by atoms with E-state index in [0.717, 1.165) is 16.7 Å². The van der Waals surface area contributed by atoms with E-state index in [4.69, 9.17) is 9.05 Å². The van der Waals surface area contributed by atoms with Crippen LogP contribution in [0.25, 0.3) is 5.57 Å². The number of allylic oxidation sites excluding steroid dienone is 1. The van der Waals surface area contributed by atoms with Gasteiger partial charge in [-0.05, 0) is 0 Å². The van der Waals surface area contributed by atoms with Gasteiger partial charge < -0.3 is 0 Å². The summed E-state index contributed by atoms with van der Waals surface area (Å²) in [5, 5.41) is 0. The predicted molar refractivity (Wildman–Crippen MR) is 98.6 cm³/mol. The third kappa shape index (κ3) is 5.26. The molecule has 0 bridgehead atoms. The Hall–Kier alpha value is -1.51. The molecule has 0 radical (unpaired) electrons. The second-order valence-electron chi connectivity index (χ2n) is 5.13.